The maximum Gasteiger partial charge on any atom is 0.155 e. The monoisotopic (exact) mass is 385 g/mol. The van der Waals surface area contributed by atoms with E-state index >= 15 is 0 Å². The first-order valence-corrected chi connectivity index (χ1v) is 10.2. The Labute approximate surface area is 166 Å². The summed E-state index contributed by atoms with van der Waals surface area (Å²) in [5, 5.41) is 3.02. The van der Waals surface area contributed by atoms with E-state index in [2.05, 4.69) is 47.5 Å². The van der Waals surface area contributed by atoms with Gasteiger partial charge < -0.3 is 10.2 Å². The summed E-state index contributed by atoms with van der Waals surface area (Å²) in [6.07, 6.45) is 6.83. The van der Waals surface area contributed by atoms with Crippen LogP contribution in [0.25, 0.3) is 0 Å². The fourth-order valence-electron chi connectivity index (χ4n) is 4.73. The number of nitrogens with zero attached hydrogens (tertiary/aromatic N) is 2. The van der Waals surface area contributed by atoms with Gasteiger partial charge in [-0.1, -0.05) is 17.7 Å². The Kier molecular flexibility index (Phi) is 5.40. The summed E-state index contributed by atoms with van der Waals surface area (Å²) < 4.78 is 5.82. The van der Waals surface area contributed by atoms with Crippen LogP contribution in [0.4, 0.5) is 5.69 Å². The Morgan fingerprint density at radius 3 is 2.67 bits per heavy atom. The van der Waals surface area contributed by atoms with Crippen LogP contribution in [0, 0.1) is 12.8 Å². The number of hydrogen-bond donors (Lipinski definition) is 1. The topological polar surface area (TPSA) is 37.4 Å². The number of halogens is 1. The molecule has 1 unspecified atom stereocenters. The predicted octanol–water partition coefficient (Wildman–Crippen LogP) is 5.69. The van der Waals surface area contributed by atoms with Crippen molar-refractivity contribution in [2.45, 2.75) is 57.7 Å². The molecular formula is C22H28ClN3O. The van der Waals surface area contributed by atoms with Gasteiger partial charge in [0.25, 0.3) is 0 Å². The zero-order valence-corrected chi connectivity index (χ0v) is 17.0. The van der Waals surface area contributed by atoms with E-state index in [1.54, 1.807) is 7.11 Å². The first-order chi connectivity index (χ1) is 13.1. The Hall–Kier alpha value is -1.62. The van der Waals surface area contributed by atoms with Crippen LogP contribution in [0.15, 0.2) is 36.5 Å². The standard InChI is InChI=1S/C22H28ClN3O/c1-14-12-18(10-11-24-14)17-6-4-16(5-7-17)15(2)26-22(27-3)20-9-8-19(23)13-21(20)25-26/h8-13,15-17,22,25H,4-7H2,1-3H3/t15-,16-,17+,22?/m1/s1. The number of hydrogen-bond acceptors (Lipinski definition) is 4. The van der Waals surface area contributed by atoms with E-state index in [-0.39, 0.29) is 6.23 Å². The Balaban J connectivity index is 1.43. The van der Waals surface area contributed by atoms with E-state index in [1.807, 2.05) is 18.3 Å². The number of aryl methyl sites for hydroxylation is 1. The van der Waals surface area contributed by atoms with E-state index in [0.29, 0.717) is 17.9 Å². The number of anilines is 1. The van der Waals surface area contributed by atoms with Gasteiger partial charge in [0.1, 0.15) is 0 Å². The average molecular weight is 386 g/mol. The van der Waals surface area contributed by atoms with Crippen molar-refractivity contribution in [2.75, 3.05) is 12.5 Å². The third kappa shape index (κ3) is 3.71. The molecule has 2 aromatic rings. The Morgan fingerprint density at radius 2 is 1.96 bits per heavy atom. The van der Waals surface area contributed by atoms with E-state index in [9.17, 15) is 0 Å². The van der Waals surface area contributed by atoms with E-state index in [0.717, 1.165) is 22.0 Å². The van der Waals surface area contributed by atoms with Crippen molar-refractivity contribution in [3.8, 4) is 0 Å². The molecule has 4 nitrogen and oxygen atoms in total. The largest absolute Gasteiger partial charge is 0.360 e. The highest BCUT2D eigenvalue weighted by Crippen LogP contribution is 2.43. The van der Waals surface area contributed by atoms with Crippen molar-refractivity contribution in [1.29, 1.82) is 0 Å². The van der Waals surface area contributed by atoms with Gasteiger partial charge in [0.05, 0.1) is 5.69 Å². The van der Waals surface area contributed by atoms with Gasteiger partial charge in [0, 0.05) is 35.6 Å². The number of methoxy groups -OCH3 is 1. The van der Waals surface area contributed by atoms with Crippen molar-refractivity contribution < 1.29 is 4.74 Å². The molecule has 5 heteroatoms. The van der Waals surface area contributed by atoms with Crippen molar-refractivity contribution >= 4 is 17.3 Å². The number of benzene rings is 1. The van der Waals surface area contributed by atoms with Gasteiger partial charge in [0.15, 0.2) is 6.23 Å². The van der Waals surface area contributed by atoms with Crippen molar-refractivity contribution in [3.63, 3.8) is 0 Å². The smallest absolute Gasteiger partial charge is 0.155 e. The molecule has 2 aliphatic rings. The average Bonchev–Trinajstić information content (AvgIpc) is 3.05. The molecule has 1 saturated carbocycles. The number of pyridine rings is 1. The first kappa shape index (κ1) is 18.7. The molecule has 0 spiro atoms. The van der Waals surface area contributed by atoms with Gasteiger partial charge in [0.2, 0.25) is 0 Å². The van der Waals surface area contributed by atoms with Crippen molar-refractivity contribution in [1.82, 2.24) is 9.99 Å². The second-order valence-corrected chi connectivity index (χ2v) is 8.36. The molecule has 0 amide bonds. The molecule has 144 valence electrons. The van der Waals surface area contributed by atoms with Gasteiger partial charge in [-0.3, -0.25) is 4.98 Å². The van der Waals surface area contributed by atoms with Crippen LogP contribution in [0.3, 0.4) is 0 Å². The number of ether oxygens (including phenoxy) is 1. The normalized spacial score (nSPS) is 26.4. The maximum absolute atomic E-state index is 6.17. The summed E-state index contributed by atoms with van der Waals surface area (Å²) in [5.41, 5.74) is 8.32. The molecule has 27 heavy (non-hydrogen) atoms. The molecule has 0 saturated heterocycles. The Morgan fingerprint density at radius 1 is 1.19 bits per heavy atom. The first-order valence-electron chi connectivity index (χ1n) is 9.86. The van der Waals surface area contributed by atoms with Gasteiger partial charge in [-0.25, -0.2) is 0 Å². The van der Waals surface area contributed by atoms with Gasteiger partial charge >= 0.3 is 0 Å². The predicted molar refractivity (Wildman–Crippen MR) is 110 cm³/mol. The van der Waals surface area contributed by atoms with Gasteiger partial charge in [-0.05, 0) is 81.2 Å². The second kappa shape index (κ2) is 7.78. The number of fused-ring (bicyclic) bond motifs is 1. The van der Waals surface area contributed by atoms with E-state index < -0.39 is 0 Å². The third-order valence-corrected chi connectivity index (χ3v) is 6.53. The third-order valence-electron chi connectivity index (χ3n) is 6.29. The highest BCUT2D eigenvalue weighted by molar-refractivity contribution is 6.30. The molecule has 1 fully saturated rings. The lowest BCUT2D eigenvalue weighted by Gasteiger charge is -2.38. The zero-order chi connectivity index (χ0) is 19.0. The van der Waals surface area contributed by atoms with E-state index in [1.165, 1.54) is 31.2 Å². The molecule has 1 aliphatic heterocycles. The zero-order valence-electron chi connectivity index (χ0n) is 16.3. The van der Waals surface area contributed by atoms with Crippen LogP contribution >= 0.6 is 11.6 Å². The lowest BCUT2D eigenvalue weighted by Crippen LogP contribution is -2.42. The number of aromatic nitrogens is 1. The van der Waals surface area contributed by atoms with Crippen LogP contribution in [0.1, 0.15) is 61.6 Å². The summed E-state index contributed by atoms with van der Waals surface area (Å²) in [6, 6.07) is 10.8. The second-order valence-electron chi connectivity index (χ2n) is 7.92. The minimum absolute atomic E-state index is 0.0622. The van der Waals surface area contributed by atoms with Crippen molar-refractivity contribution in [3.05, 3.63) is 58.4 Å². The molecule has 1 N–H and O–H groups in total. The molecule has 0 bridgehead atoms. The molecule has 0 radical (unpaired) electrons. The van der Waals surface area contributed by atoms with Crippen LogP contribution in [0.2, 0.25) is 5.02 Å². The van der Waals surface area contributed by atoms with Crippen LogP contribution in [0.5, 0.6) is 0 Å². The number of hydrazine groups is 1. The fourth-order valence-corrected chi connectivity index (χ4v) is 4.90. The number of rotatable bonds is 4. The summed E-state index contributed by atoms with van der Waals surface area (Å²) in [5.74, 6) is 1.31. The highest BCUT2D eigenvalue weighted by atomic mass is 35.5. The van der Waals surface area contributed by atoms with Gasteiger partial charge in [-0.15, -0.1) is 0 Å². The van der Waals surface area contributed by atoms with Crippen molar-refractivity contribution in [2.24, 2.45) is 5.92 Å². The summed E-state index contributed by atoms with van der Waals surface area (Å²) in [6.45, 7) is 4.39. The molecule has 1 aliphatic carbocycles. The highest BCUT2D eigenvalue weighted by Gasteiger charge is 2.38. The molecule has 2 atom stereocenters. The molecule has 1 aromatic heterocycles. The lowest BCUT2D eigenvalue weighted by molar-refractivity contribution is -0.0448. The van der Waals surface area contributed by atoms with Crippen LogP contribution in [-0.2, 0) is 4.74 Å². The summed E-state index contributed by atoms with van der Waals surface area (Å²) >= 11 is 6.17. The minimum atomic E-state index is -0.0622. The summed E-state index contributed by atoms with van der Waals surface area (Å²) in [4.78, 5) is 4.34. The molecule has 1 aromatic carbocycles. The molecule has 2 heterocycles. The number of nitrogens with one attached hydrogen (secondary N) is 1. The van der Waals surface area contributed by atoms with Gasteiger partial charge in [-0.2, -0.15) is 5.01 Å². The minimum Gasteiger partial charge on any atom is -0.360 e. The SMILES string of the molecule is COC1c2ccc(Cl)cc2NN1[C@H](C)[C@H]1CC[C@@H](c2ccnc(C)c2)CC1. The fraction of sp³-hybridized carbons (Fsp3) is 0.500. The summed E-state index contributed by atoms with van der Waals surface area (Å²) in [7, 11) is 1.78. The quantitative estimate of drug-likeness (QED) is 0.733. The lowest BCUT2D eigenvalue weighted by atomic mass is 9.76. The molecular weight excluding hydrogens is 358 g/mol. The van der Waals surface area contributed by atoms with Crippen LogP contribution < -0.4 is 5.43 Å². The van der Waals surface area contributed by atoms with E-state index in [4.69, 9.17) is 16.3 Å². The molecule has 4 rings (SSSR count). The maximum atomic E-state index is 6.17. The Bertz CT molecular complexity index is 804. The van der Waals surface area contributed by atoms with Crippen LogP contribution in [-0.4, -0.2) is 23.1 Å².